The quantitative estimate of drug-likeness (QED) is 0.596. The minimum Gasteiger partial charge on any atom is -0.512 e. The van der Waals surface area contributed by atoms with Crippen LogP contribution >= 0.6 is 0 Å². The van der Waals surface area contributed by atoms with E-state index in [2.05, 4.69) is 4.74 Å². The van der Waals surface area contributed by atoms with Crippen LogP contribution in [0.2, 0.25) is 0 Å². The first-order chi connectivity index (χ1) is 15.3. The van der Waals surface area contributed by atoms with Crippen LogP contribution in [0.5, 0.6) is 5.75 Å². The molecule has 0 amide bonds. The lowest BCUT2D eigenvalue weighted by Gasteiger charge is -2.36. The van der Waals surface area contributed by atoms with Crippen LogP contribution in [0.15, 0.2) is 46.9 Å². The number of esters is 1. The van der Waals surface area contributed by atoms with Crippen LogP contribution in [0.4, 0.5) is 0 Å². The Morgan fingerprint density at radius 2 is 1.33 bits per heavy atom. The first kappa shape index (κ1) is 24.6. The lowest BCUT2D eigenvalue weighted by Crippen LogP contribution is -2.33. The highest BCUT2D eigenvalue weighted by Crippen LogP contribution is 2.47. The minimum atomic E-state index is -0.883. The summed E-state index contributed by atoms with van der Waals surface area (Å²) >= 11 is 0. The molecule has 0 radical (unpaired) electrons. The Hall–Kier alpha value is -3.09. The third-order valence-corrected chi connectivity index (χ3v) is 6.17. The lowest BCUT2D eigenvalue weighted by molar-refractivity contribution is -0.143. The summed E-state index contributed by atoms with van der Waals surface area (Å²) in [5.41, 5.74) is 0.106. The van der Waals surface area contributed by atoms with Crippen LogP contribution in [0.3, 0.4) is 0 Å². The number of allylic oxidation sites excluding steroid dienone is 4. The number of carbonyl (C=O) groups is 3. The number of carbonyl (C=O) groups excluding carboxylic acids is 3. The van der Waals surface area contributed by atoms with Crippen molar-refractivity contribution >= 4 is 17.5 Å². The molecule has 0 fully saturated rings. The van der Waals surface area contributed by atoms with E-state index in [9.17, 15) is 24.6 Å². The highest BCUT2D eigenvalue weighted by molar-refractivity contribution is 6.05. The summed E-state index contributed by atoms with van der Waals surface area (Å²) in [4.78, 5) is 37.7. The lowest BCUT2D eigenvalue weighted by atomic mass is 9.67. The Labute approximate surface area is 194 Å². The second-order valence-corrected chi connectivity index (χ2v) is 10.5. The van der Waals surface area contributed by atoms with E-state index >= 15 is 0 Å². The monoisotopic (exact) mass is 456 g/mol. The van der Waals surface area contributed by atoms with Crippen molar-refractivity contribution in [2.45, 2.75) is 59.3 Å². The van der Waals surface area contributed by atoms with Gasteiger partial charge in [-0.1, -0.05) is 39.8 Å². The second-order valence-electron chi connectivity index (χ2n) is 10.5. The van der Waals surface area contributed by atoms with Crippen LogP contribution in [-0.2, 0) is 19.1 Å². The van der Waals surface area contributed by atoms with Crippen molar-refractivity contribution in [1.82, 2.24) is 0 Å². The van der Waals surface area contributed by atoms with Crippen molar-refractivity contribution in [2.24, 2.45) is 10.8 Å². The number of ketones is 2. The summed E-state index contributed by atoms with van der Waals surface area (Å²) in [5, 5.41) is 21.8. The molecule has 2 aliphatic rings. The van der Waals surface area contributed by atoms with Gasteiger partial charge in [0.25, 0.3) is 0 Å². The van der Waals surface area contributed by atoms with E-state index in [-0.39, 0.29) is 53.7 Å². The molecule has 2 aliphatic carbocycles. The molecule has 7 nitrogen and oxygen atoms in total. The summed E-state index contributed by atoms with van der Waals surface area (Å²) in [7, 11) is 1.27. The molecule has 2 N–H and O–H groups in total. The zero-order chi connectivity index (χ0) is 24.6. The maximum Gasteiger partial charge on any atom is 0.343 e. The van der Waals surface area contributed by atoms with Crippen LogP contribution in [-0.4, -0.2) is 41.5 Å². The summed E-state index contributed by atoms with van der Waals surface area (Å²) in [6.07, 6.45) is 1.07. The first-order valence-corrected chi connectivity index (χ1v) is 11.0. The topological polar surface area (TPSA) is 110 Å². The van der Waals surface area contributed by atoms with E-state index in [1.807, 2.05) is 27.7 Å². The number of hydrogen-bond donors (Lipinski definition) is 2. The number of Topliss-reactive ketones (excluding diaryl/α,β-unsaturated/α-hetero) is 2. The highest BCUT2D eigenvalue weighted by Gasteiger charge is 2.43. The van der Waals surface area contributed by atoms with E-state index < -0.39 is 22.7 Å². The van der Waals surface area contributed by atoms with E-state index in [0.29, 0.717) is 24.2 Å². The predicted molar refractivity (Wildman–Crippen MR) is 122 cm³/mol. The number of hydrogen-bond acceptors (Lipinski definition) is 7. The van der Waals surface area contributed by atoms with Gasteiger partial charge in [0.15, 0.2) is 18.2 Å². The zero-order valence-corrected chi connectivity index (χ0v) is 19.9. The fourth-order valence-corrected chi connectivity index (χ4v) is 4.69. The molecule has 1 aromatic rings. The average molecular weight is 457 g/mol. The van der Waals surface area contributed by atoms with E-state index in [1.165, 1.54) is 7.11 Å². The fraction of sp³-hybridized carbons (Fsp3) is 0.500. The average Bonchev–Trinajstić information content (AvgIpc) is 2.68. The molecular weight excluding hydrogens is 424 g/mol. The molecule has 0 atom stereocenters. The molecule has 178 valence electrons. The van der Waals surface area contributed by atoms with Gasteiger partial charge in [0, 0.05) is 42.7 Å². The van der Waals surface area contributed by atoms with Crippen molar-refractivity contribution < 1.29 is 34.1 Å². The van der Waals surface area contributed by atoms with Gasteiger partial charge in [0.2, 0.25) is 0 Å². The van der Waals surface area contributed by atoms with Gasteiger partial charge >= 0.3 is 5.97 Å². The van der Waals surface area contributed by atoms with Gasteiger partial charge in [-0.25, -0.2) is 4.79 Å². The Bertz CT molecular complexity index is 973. The number of methoxy groups -OCH3 is 1. The summed E-state index contributed by atoms with van der Waals surface area (Å²) in [6, 6.07) is 6.60. The third kappa shape index (κ3) is 5.46. The van der Waals surface area contributed by atoms with E-state index in [0.717, 1.165) is 0 Å². The summed E-state index contributed by atoms with van der Waals surface area (Å²) < 4.78 is 9.96. The molecule has 0 bridgehead atoms. The van der Waals surface area contributed by atoms with Gasteiger partial charge in [-0.05, 0) is 28.5 Å². The second kappa shape index (κ2) is 9.04. The minimum absolute atomic E-state index is 0.0507. The molecule has 3 rings (SSSR count). The molecule has 7 heteroatoms. The maximum absolute atomic E-state index is 13.2. The van der Waals surface area contributed by atoms with Crippen LogP contribution in [0.1, 0.15) is 64.9 Å². The maximum atomic E-state index is 13.2. The molecule has 0 aliphatic heterocycles. The Morgan fingerprint density at radius 1 is 0.879 bits per heavy atom. The number of rotatable bonds is 6. The predicted octanol–water partition coefficient (Wildman–Crippen LogP) is 4.72. The zero-order valence-electron chi connectivity index (χ0n) is 19.9. The highest BCUT2D eigenvalue weighted by atomic mass is 16.6. The van der Waals surface area contributed by atoms with Gasteiger partial charge in [-0.3, -0.25) is 9.59 Å². The number of aliphatic hydroxyl groups excluding tert-OH is 2. The smallest absolute Gasteiger partial charge is 0.343 e. The van der Waals surface area contributed by atoms with Crippen LogP contribution < -0.4 is 4.74 Å². The SMILES string of the molecule is COC(=O)COc1ccc(C(C2=C(O)CC(C)(C)CC2=O)C2=C(O)CC(C)(C)CC2=O)cc1. The van der Waals surface area contributed by atoms with Crippen molar-refractivity contribution in [3.63, 3.8) is 0 Å². The van der Waals surface area contributed by atoms with Gasteiger partial charge in [-0.15, -0.1) is 0 Å². The van der Waals surface area contributed by atoms with Gasteiger partial charge in [0.1, 0.15) is 17.3 Å². The standard InChI is InChI=1S/C26H32O7/c1-25(2)10-17(27)23(18(28)11-25)22(24-19(29)12-26(3,4)13-20(24)30)15-6-8-16(9-7-15)33-14-21(31)32-5/h6-9,22,27,29H,10-14H2,1-5H3. The molecule has 0 heterocycles. The Balaban J connectivity index is 2.09. The van der Waals surface area contributed by atoms with Crippen molar-refractivity contribution in [3.05, 3.63) is 52.5 Å². The first-order valence-electron chi connectivity index (χ1n) is 11.0. The molecule has 33 heavy (non-hydrogen) atoms. The van der Waals surface area contributed by atoms with Crippen molar-refractivity contribution in [1.29, 1.82) is 0 Å². The molecule has 0 spiro atoms. The molecule has 0 saturated heterocycles. The summed E-state index contributed by atoms with van der Waals surface area (Å²) in [6.45, 7) is 7.38. The molecule has 0 unspecified atom stereocenters. The van der Waals surface area contributed by atoms with Crippen molar-refractivity contribution in [3.8, 4) is 5.75 Å². The molecule has 0 saturated carbocycles. The summed E-state index contributed by atoms with van der Waals surface area (Å²) in [5.74, 6) is -1.57. The van der Waals surface area contributed by atoms with Crippen LogP contribution in [0, 0.1) is 10.8 Å². The third-order valence-electron chi connectivity index (χ3n) is 6.17. The Kier molecular flexibility index (Phi) is 6.73. The normalized spacial score (nSPS) is 20.3. The van der Waals surface area contributed by atoms with Gasteiger partial charge in [-0.2, -0.15) is 0 Å². The fourth-order valence-electron chi connectivity index (χ4n) is 4.69. The number of aliphatic hydroxyl groups is 2. The van der Waals surface area contributed by atoms with Crippen molar-refractivity contribution in [2.75, 3.05) is 13.7 Å². The van der Waals surface area contributed by atoms with E-state index in [4.69, 9.17) is 4.74 Å². The molecule has 1 aromatic carbocycles. The van der Waals surface area contributed by atoms with E-state index in [1.54, 1.807) is 24.3 Å². The van der Waals surface area contributed by atoms with Gasteiger partial charge < -0.3 is 19.7 Å². The van der Waals surface area contributed by atoms with Gasteiger partial charge in [0.05, 0.1) is 7.11 Å². The van der Waals surface area contributed by atoms with Crippen LogP contribution in [0.25, 0.3) is 0 Å². The Morgan fingerprint density at radius 3 is 1.73 bits per heavy atom. The number of ether oxygens (including phenoxy) is 2. The number of benzene rings is 1. The molecule has 0 aromatic heterocycles. The molecular formula is C26H32O7. The largest absolute Gasteiger partial charge is 0.512 e.